The van der Waals surface area contributed by atoms with Gasteiger partial charge in [-0.25, -0.2) is 9.13 Å². The molecule has 0 saturated heterocycles. The summed E-state index contributed by atoms with van der Waals surface area (Å²) in [5.41, 5.74) is 0. The van der Waals surface area contributed by atoms with Gasteiger partial charge in [-0.2, -0.15) is 0 Å². The molecular weight excluding hydrogens is 1260 g/mol. The molecule has 0 aliphatic heterocycles. The highest BCUT2D eigenvalue weighted by atomic mass is 31.2. The molecule has 3 unspecified atom stereocenters. The first-order valence-corrected chi connectivity index (χ1v) is 43.2. The van der Waals surface area contributed by atoms with Crippen LogP contribution in [0.15, 0.2) is 0 Å². The predicted molar refractivity (Wildman–Crippen MR) is 391 cm³/mol. The molecule has 17 nitrogen and oxygen atoms in total. The summed E-state index contributed by atoms with van der Waals surface area (Å²) in [6.07, 6.45) is 59.7. The van der Waals surface area contributed by atoms with E-state index in [9.17, 15) is 43.2 Å². The highest BCUT2D eigenvalue weighted by Gasteiger charge is 2.30. The zero-order chi connectivity index (χ0) is 70.5. The van der Waals surface area contributed by atoms with E-state index < -0.39 is 97.5 Å². The molecule has 570 valence electrons. The van der Waals surface area contributed by atoms with Crippen molar-refractivity contribution in [2.24, 2.45) is 5.92 Å². The number of carbonyl (C=O) groups is 4. The Morgan fingerprint density at radius 1 is 0.292 bits per heavy atom. The third-order valence-electron chi connectivity index (χ3n) is 18.4. The average molecular weight is 1410 g/mol. The fraction of sp³-hybridized carbons (Fsp3) is 0.948. The second kappa shape index (κ2) is 70.1. The normalized spacial score (nSPS) is 14.2. The summed E-state index contributed by atoms with van der Waals surface area (Å²) in [4.78, 5) is 72.7. The monoisotopic (exact) mass is 1410 g/mol. The van der Waals surface area contributed by atoms with Gasteiger partial charge in [-0.05, 0) is 31.6 Å². The van der Waals surface area contributed by atoms with E-state index in [1.165, 1.54) is 231 Å². The van der Waals surface area contributed by atoms with Crippen molar-refractivity contribution < 1.29 is 80.2 Å². The number of unbranched alkanes of at least 4 members (excludes halogenated alkanes) is 48. The number of hydrogen-bond donors (Lipinski definition) is 3. The van der Waals surface area contributed by atoms with Crippen LogP contribution in [-0.2, 0) is 65.4 Å². The average Bonchev–Trinajstić information content (AvgIpc) is 1.90. The quantitative estimate of drug-likeness (QED) is 0.0222. The number of phosphoric ester groups is 2. The summed E-state index contributed by atoms with van der Waals surface area (Å²) in [5.74, 6) is -1.24. The van der Waals surface area contributed by atoms with Crippen LogP contribution in [0.3, 0.4) is 0 Å². The Kier molecular flexibility index (Phi) is 68.7. The third kappa shape index (κ3) is 69.2. The van der Waals surface area contributed by atoms with Gasteiger partial charge in [-0.3, -0.25) is 37.3 Å². The van der Waals surface area contributed by atoms with E-state index in [0.717, 1.165) is 95.8 Å². The van der Waals surface area contributed by atoms with Crippen LogP contribution in [0, 0.1) is 5.92 Å². The van der Waals surface area contributed by atoms with Crippen molar-refractivity contribution >= 4 is 39.5 Å². The predicted octanol–water partition coefficient (Wildman–Crippen LogP) is 22.9. The number of rotatable bonds is 77. The van der Waals surface area contributed by atoms with Crippen molar-refractivity contribution in [1.29, 1.82) is 0 Å². The Morgan fingerprint density at radius 2 is 0.500 bits per heavy atom. The molecular formula is C77H150O17P2. The van der Waals surface area contributed by atoms with Gasteiger partial charge in [0.1, 0.15) is 19.3 Å². The van der Waals surface area contributed by atoms with Crippen LogP contribution in [0.4, 0.5) is 0 Å². The second-order valence-electron chi connectivity index (χ2n) is 28.0. The minimum atomic E-state index is -4.96. The fourth-order valence-electron chi connectivity index (χ4n) is 11.8. The summed E-state index contributed by atoms with van der Waals surface area (Å²) in [6.45, 7) is 7.33. The molecule has 0 spiro atoms. The topological polar surface area (TPSA) is 237 Å². The maximum Gasteiger partial charge on any atom is 0.472 e. The molecule has 0 fully saturated rings. The summed E-state index contributed by atoms with van der Waals surface area (Å²) in [6, 6.07) is 0. The lowest BCUT2D eigenvalue weighted by Gasteiger charge is -2.21. The van der Waals surface area contributed by atoms with E-state index in [2.05, 4.69) is 34.6 Å². The Hall–Kier alpha value is -1.94. The first kappa shape index (κ1) is 94.1. The van der Waals surface area contributed by atoms with E-state index in [4.69, 9.17) is 37.0 Å². The SMILES string of the molecule is CCCCCCCCCCCCCCCCCCC(=O)OC[C@H](COP(=O)(O)OC[C@@H](O)COP(=O)(O)OC[C@@H](COC(=O)CCCCCCCCCCC)OC(=O)CCCCCCCCCCC)OC(=O)CCCCCCCCCCCCCCCCCCCCC(C)CC. The third-order valence-corrected chi connectivity index (χ3v) is 20.3. The van der Waals surface area contributed by atoms with Crippen molar-refractivity contribution in [3.8, 4) is 0 Å². The smallest absolute Gasteiger partial charge is 0.462 e. The summed E-state index contributed by atoms with van der Waals surface area (Å²) < 4.78 is 68.4. The molecule has 3 N–H and O–H groups in total. The molecule has 0 rings (SSSR count). The zero-order valence-corrected chi connectivity index (χ0v) is 64.3. The van der Waals surface area contributed by atoms with E-state index in [1.54, 1.807) is 0 Å². The molecule has 0 amide bonds. The lowest BCUT2D eigenvalue weighted by molar-refractivity contribution is -0.161. The van der Waals surface area contributed by atoms with E-state index in [0.29, 0.717) is 25.7 Å². The van der Waals surface area contributed by atoms with Gasteiger partial charge in [-0.15, -0.1) is 0 Å². The molecule has 0 aliphatic carbocycles. The summed E-state index contributed by atoms with van der Waals surface area (Å²) >= 11 is 0. The van der Waals surface area contributed by atoms with Crippen molar-refractivity contribution in [1.82, 2.24) is 0 Å². The molecule has 0 radical (unpaired) electrons. The van der Waals surface area contributed by atoms with Crippen molar-refractivity contribution in [2.45, 2.75) is 425 Å². The van der Waals surface area contributed by atoms with Crippen LogP contribution in [0.1, 0.15) is 407 Å². The number of hydrogen-bond acceptors (Lipinski definition) is 15. The molecule has 6 atom stereocenters. The number of carbonyl (C=O) groups excluding carboxylic acids is 4. The number of ether oxygens (including phenoxy) is 4. The van der Waals surface area contributed by atoms with Gasteiger partial charge >= 0.3 is 39.5 Å². The van der Waals surface area contributed by atoms with Crippen LogP contribution >= 0.6 is 15.6 Å². The first-order valence-electron chi connectivity index (χ1n) is 40.2. The van der Waals surface area contributed by atoms with Gasteiger partial charge in [0.25, 0.3) is 0 Å². The molecule has 0 aromatic carbocycles. The van der Waals surface area contributed by atoms with Crippen LogP contribution in [0.5, 0.6) is 0 Å². The standard InChI is InChI=1S/C77H150O17P2/c1-6-10-13-16-19-22-23-24-25-31-34-37-42-46-51-56-61-75(80)88-67-73(94-77(82)63-58-53-48-43-38-35-32-29-27-26-28-30-33-36-41-44-49-54-59-70(5)9-4)69-92-96(85,86)90-65-71(78)64-89-95(83,84)91-68-72(93-76(81)62-57-52-47-40-21-18-15-12-8-3)66-87-74(79)60-55-50-45-39-20-17-14-11-7-2/h70-73,78H,6-69H2,1-5H3,(H,83,84)(H,85,86)/t70?,71-,72+,73+/m0/s1. The Bertz CT molecular complexity index is 1840. The van der Waals surface area contributed by atoms with Gasteiger partial charge in [0.05, 0.1) is 26.4 Å². The molecule has 0 aromatic rings. The van der Waals surface area contributed by atoms with Gasteiger partial charge in [0.2, 0.25) is 0 Å². The molecule has 0 aromatic heterocycles. The van der Waals surface area contributed by atoms with Crippen LogP contribution in [0.25, 0.3) is 0 Å². The number of aliphatic hydroxyl groups is 1. The first-order chi connectivity index (χ1) is 46.6. The van der Waals surface area contributed by atoms with Gasteiger partial charge in [0, 0.05) is 25.7 Å². The van der Waals surface area contributed by atoms with Gasteiger partial charge in [0.15, 0.2) is 12.2 Å². The van der Waals surface area contributed by atoms with Crippen molar-refractivity contribution in [2.75, 3.05) is 39.6 Å². The van der Waals surface area contributed by atoms with Crippen LogP contribution in [0.2, 0.25) is 0 Å². The molecule has 0 heterocycles. The van der Waals surface area contributed by atoms with Gasteiger partial charge in [-0.1, -0.05) is 356 Å². The zero-order valence-electron chi connectivity index (χ0n) is 62.5. The number of esters is 4. The van der Waals surface area contributed by atoms with E-state index >= 15 is 0 Å². The second-order valence-corrected chi connectivity index (χ2v) is 30.9. The molecule has 0 aliphatic rings. The summed E-state index contributed by atoms with van der Waals surface area (Å²) in [7, 11) is -9.90. The van der Waals surface area contributed by atoms with Crippen molar-refractivity contribution in [3.05, 3.63) is 0 Å². The van der Waals surface area contributed by atoms with E-state index in [1.807, 2.05) is 0 Å². The highest BCUT2D eigenvalue weighted by molar-refractivity contribution is 7.47. The minimum Gasteiger partial charge on any atom is -0.462 e. The number of phosphoric acid groups is 2. The molecule has 0 bridgehead atoms. The maximum atomic E-state index is 13.1. The van der Waals surface area contributed by atoms with Crippen LogP contribution in [-0.4, -0.2) is 96.7 Å². The van der Waals surface area contributed by atoms with Crippen LogP contribution < -0.4 is 0 Å². The largest absolute Gasteiger partial charge is 0.472 e. The summed E-state index contributed by atoms with van der Waals surface area (Å²) in [5, 5.41) is 10.6. The lowest BCUT2D eigenvalue weighted by atomic mass is 9.99. The Morgan fingerprint density at radius 3 is 0.740 bits per heavy atom. The Balaban J connectivity index is 5.16. The molecule has 19 heteroatoms. The minimum absolute atomic E-state index is 0.106. The highest BCUT2D eigenvalue weighted by Crippen LogP contribution is 2.45. The Labute approximate surface area is 588 Å². The van der Waals surface area contributed by atoms with Gasteiger partial charge < -0.3 is 33.8 Å². The maximum absolute atomic E-state index is 13.1. The lowest BCUT2D eigenvalue weighted by Crippen LogP contribution is -2.30. The molecule has 96 heavy (non-hydrogen) atoms. The van der Waals surface area contributed by atoms with E-state index in [-0.39, 0.29) is 25.7 Å². The molecule has 0 saturated carbocycles. The fourth-order valence-corrected chi connectivity index (χ4v) is 13.4. The van der Waals surface area contributed by atoms with Crippen molar-refractivity contribution in [3.63, 3.8) is 0 Å². The number of aliphatic hydroxyl groups excluding tert-OH is 1.